The van der Waals surface area contributed by atoms with Gasteiger partial charge in [-0.3, -0.25) is 9.39 Å². The second-order valence-corrected chi connectivity index (χ2v) is 5.36. The Bertz CT molecular complexity index is 603. The number of nitrogens with one attached hydrogen (secondary N) is 2. The number of fused-ring (bicyclic) bond motifs is 1. The van der Waals surface area contributed by atoms with Crippen LogP contribution in [-0.2, 0) is 6.42 Å². The van der Waals surface area contributed by atoms with Gasteiger partial charge in [0.15, 0.2) is 11.6 Å². The Labute approximate surface area is 132 Å². The van der Waals surface area contributed by atoms with Crippen LogP contribution in [0.25, 0.3) is 5.65 Å². The minimum absolute atomic E-state index is 0.429. The molecule has 6 heteroatoms. The molecule has 0 radical (unpaired) electrons. The van der Waals surface area contributed by atoms with E-state index in [1.54, 1.807) is 0 Å². The first kappa shape index (κ1) is 16.3. The summed E-state index contributed by atoms with van der Waals surface area (Å²) in [6, 6.07) is 6.37. The quantitative estimate of drug-likeness (QED) is 0.466. The molecule has 0 saturated heterocycles. The molecule has 0 aliphatic rings. The molecule has 0 fully saturated rings. The van der Waals surface area contributed by atoms with Gasteiger partial charge in [0.25, 0.3) is 0 Å². The summed E-state index contributed by atoms with van der Waals surface area (Å²) >= 11 is 0. The summed E-state index contributed by atoms with van der Waals surface area (Å²) in [5, 5.41) is 15.1. The molecule has 22 heavy (non-hydrogen) atoms. The Kier molecular flexibility index (Phi) is 6.18. The smallest absolute Gasteiger partial charge is 0.191 e. The fraction of sp³-hybridized carbons (Fsp3) is 0.562. The molecule has 2 aromatic heterocycles. The minimum atomic E-state index is 0.429. The van der Waals surface area contributed by atoms with Gasteiger partial charge in [0.05, 0.1) is 0 Å². The van der Waals surface area contributed by atoms with Crippen LogP contribution >= 0.6 is 0 Å². The van der Waals surface area contributed by atoms with Crippen molar-refractivity contribution in [2.24, 2.45) is 4.99 Å². The zero-order valence-electron chi connectivity index (χ0n) is 13.7. The second-order valence-electron chi connectivity index (χ2n) is 5.36. The van der Waals surface area contributed by atoms with Crippen LogP contribution in [-0.4, -0.2) is 39.7 Å². The summed E-state index contributed by atoms with van der Waals surface area (Å²) in [4.78, 5) is 4.62. The van der Waals surface area contributed by atoms with Crippen LogP contribution in [0.15, 0.2) is 29.4 Å². The van der Waals surface area contributed by atoms with Gasteiger partial charge >= 0.3 is 0 Å². The molecule has 2 heterocycles. The molecule has 1 atom stereocenters. The van der Waals surface area contributed by atoms with Crippen LogP contribution < -0.4 is 10.6 Å². The van der Waals surface area contributed by atoms with Crippen LogP contribution in [0.1, 0.15) is 39.4 Å². The van der Waals surface area contributed by atoms with E-state index in [4.69, 9.17) is 0 Å². The highest BCUT2D eigenvalue weighted by Crippen LogP contribution is 2.05. The maximum absolute atomic E-state index is 4.62. The van der Waals surface area contributed by atoms with Crippen LogP contribution in [0.2, 0.25) is 0 Å². The number of aliphatic imine (C=N–C) groups is 1. The molecule has 0 aliphatic heterocycles. The van der Waals surface area contributed by atoms with E-state index in [-0.39, 0.29) is 0 Å². The fourth-order valence-corrected chi connectivity index (χ4v) is 2.14. The zero-order valence-corrected chi connectivity index (χ0v) is 13.7. The normalized spacial score (nSPS) is 13.3. The SMILES string of the molecule is CCNC(=NCCCc1nnc2ccccn12)NC(C)CC. The molecule has 2 rings (SSSR count). The summed E-state index contributed by atoms with van der Waals surface area (Å²) in [5.74, 6) is 1.88. The van der Waals surface area contributed by atoms with Gasteiger partial charge in [-0.25, -0.2) is 0 Å². The number of aryl methyl sites for hydroxylation is 1. The number of aromatic nitrogens is 3. The standard InChI is InChI=1S/C16H26N6/c1-4-13(3)19-16(17-5-2)18-11-8-10-15-21-20-14-9-6-7-12-22(14)15/h6-7,9,12-13H,4-5,8,10-11H2,1-3H3,(H2,17,18,19). The average molecular weight is 302 g/mol. The van der Waals surface area contributed by atoms with Gasteiger partial charge in [-0.15, -0.1) is 10.2 Å². The van der Waals surface area contributed by atoms with E-state index in [0.29, 0.717) is 6.04 Å². The number of nitrogens with zero attached hydrogens (tertiary/aromatic N) is 4. The lowest BCUT2D eigenvalue weighted by Crippen LogP contribution is -2.42. The highest BCUT2D eigenvalue weighted by atomic mass is 15.2. The van der Waals surface area contributed by atoms with Crippen molar-refractivity contribution >= 4 is 11.6 Å². The van der Waals surface area contributed by atoms with E-state index in [9.17, 15) is 0 Å². The number of rotatable bonds is 7. The maximum atomic E-state index is 4.62. The van der Waals surface area contributed by atoms with E-state index in [1.807, 2.05) is 28.8 Å². The van der Waals surface area contributed by atoms with E-state index >= 15 is 0 Å². The van der Waals surface area contributed by atoms with Crippen molar-refractivity contribution < 1.29 is 0 Å². The summed E-state index contributed by atoms with van der Waals surface area (Å²) < 4.78 is 2.03. The van der Waals surface area contributed by atoms with Gasteiger partial charge in [-0.2, -0.15) is 0 Å². The first-order chi connectivity index (χ1) is 10.7. The van der Waals surface area contributed by atoms with Crippen LogP contribution in [0.3, 0.4) is 0 Å². The molecule has 1 unspecified atom stereocenters. The summed E-state index contributed by atoms with van der Waals surface area (Å²) in [6.07, 6.45) is 4.91. The first-order valence-electron chi connectivity index (χ1n) is 8.08. The number of pyridine rings is 1. The second kappa shape index (κ2) is 8.36. The Balaban J connectivity index is 1.87. The van der Waals surface area contributed by atoms with Gasteiger partial charge in [-0.1, -0.05) is 13.0 Å². The average Bonchev–Trinajstić information content (AvgIpc) is 2.95. The van der Waals surface area contributed by atoms with E-state index < -0.39 is 0 Å². The molecule has 0 aromatic carbocycles. The number of hydrogen-bond acceptors (Lipinski definition) is 3. The molecule has 0 aliphatic carbocycles. The van der Waals surface area contributed by atoms with Crippen molar-refractivity contribution in [2.45, 2.75) is 46.1 Å². The van der Waals surface area contributed by atoms with Crippen molar-refractivity contribution in [1.82, 2.24) is 25.2 Å². The van der Waals surface area contributed by atoms with Crippen molar-refractivity contribution in [3.63, 3.8) is 0 Å². The lowest BCUT2D eigenvalue weighted by Gasteiger charge is -2.16. The van der Waals surface area contributed by atoms with E-state index in [2.05, 4.69) is 46.6 Å². The van der Waals surface area contributed by atoms with Gasteiger partial charge in [0.2, 0.25) is 0 Å². The molecular formula is C16H26N6. The van der Waals surface area contributed by atoms with Crippen molar-refractivity contribution in [1.29, 1.82) is 0 Å². The van der Waals surface area contributed by atoms with Crippen LogP contribution in [0.4, 0.5) is 0 Å². The third-order valence-corrected chi connectivity index (χ3v) is 3.55. The Morgan fingerprint density at radius 3 is 2.95 bits per heavy atom. The number of hydrogen-bond donors (Lipinski definition) is 2. The molecule has 0 amide bonds. The highest BCUT2D eigenvalue weighted by Gasteiger charge is 2.05. The van der Waals surface area contributed by atoms with E-state index in [1.165, 1.54) is 0 Å². The van der Waals surface area contributed by atoms with Gasteiger partial charge in [0, 0.05) is 31.7 Å². The van der Waals surface area contributed by atoms with Crippen molar-refractivity contribution in [3.8, 4) is 0 Å². The molecule has 0 spiro atoms. The van der Waals surface area contributed by atoms with Gasteiger partial charge in [0.1, 0.15) is 5.82 Å². The predicted octanol–water partition coefficient (Wildman–Crippen LogP) is 2.02. The molecule has 2 N–H and O–H groups in total. The zero-order chi connectivity index (χ0) is 15.8. The first-order valence-corrected chi connectivity index (χ1v) is 8.08. The molecule has 0 saturated carbocycles. The van der Waals surface area contributed by atoms with Crippen LogP contribution in [0.5, 0.6) is 0 Å². The van der Waals surface area contributed by atoms with E-state index in [0.717, 1.165) is 49.8 Å². The molecule has 120 valence electrons. The number of guanidine groups is 1. The third-order valence-electron chi connectivity index (χ3n) is 3.55. The van der Waals surface area contributed by atoms with Gasteiger partial charge in [-0.05, 0) is 38.8 Å². The van der Waals surface area contributed by atoms with Gasteiger partial charge < -0.3 is 10.6 Å². The van der Waals surface area contributed by atoms with Crippen molar-refractivity contribution in [3.05, 3.63) is 30.2 Å². The molecule has 6 nitrogen and oxygen atoms in total. The minimum Gasteiger partial charge on any atom is -0.357 e. The monoisotopic (exact) mass is 302 g/mol. The summed E-state index contributed by atoms with van der Waals surface area (Å²) in [6.45, 7) is 8.05. The van der Waals surface area contributed by atoms with Crippen LogP contribution in [0, 0.1) is 0 Å². The topological polar surface area (TPSA) is 66.6 Å². The molecule has 2 aromatic rings. The highest BCUT2D eigenvalue weighted by molar-refractivity contribution is 5.79. The lowest BCUT2D eigenvalue weighted by atomic mass is 10.3. The Hall–Kier alpha value is -2.11. The molecular weight excluding hydrogens is 276 g/mol. The van der Waals surface area contributed by atoms with Crippen molar-refractivity contribution in [2.75, 3.05) is 13.1 Å². The third kappa shape index (κ3) is 4.44. The largest absolute Gasteiger partial charge is 0.357 e. The summed E-state index contributed by atoms with van der Waals surface area (Å²) in [5.41, 5.74) is 0.896. The Morgan fingerprint density at radius 2 is 2.18 bits per heavy atom. The fourth-order valence-electron chi connectivity index (χ4n) is 2.14. The lowest BCUT2D eigenvalue weighted by molar-refractivity contribution is 0.623. The maximum Gasteiger partial charge on any atom is 0.191 e. The predicted molar refractivity (Wildman–Crippen MR) is 90.2 cm³/mol. The summed E-state index contributed by atoms with van der Waals surface area (Å²) in [7, 11) is 0. The Morgan fingerprint density at radius 1 is 1.32 bits per heavy atom. The molecule has 0 bridgehead atoms.